The number of aromatic nitrogens is 2. The third-order valence-electron chi connectivity index (χ3n) is 3.09. The topological polar surface area (TPSA) is 33.1 Å². The Morgan fingerprint density at radius 1 is 1.42 bits per heavy atom. The molecule has 1 aromatic heterocycles. The predicted octanol–water partition coefficient (Wildman–Crippen LogP) is 2.90. The SMILES string of the molecule is CNC(CC(C)(C)C)c1c(Br)cnn1CCN(C)C. The van der Waals surface area contributed by atoms with Gasteiger partial charge in [0.15, 0.2) is 0 Å². The summed E-state index contributed by atoms with van der Waals surface area (Å²) in [4.78, 5) is 2.18. The van der Waals surface area contributed by atoms with Crippen LogP contribution in [-0.4, -0.2) is 42.4 Å². The lowest BCUT2D eigenvalue weighted by atomic mass is 9.87. The van der Waals surface area contributed by atoms with Crippen molar-refractivity contribution in [2.45, 2.75) is 39.8 Å². The summed E-state index contributed by atoms with van der Waals surface area (Å²) in [5.41, 5.74) is 1.53. The Labute approximate surface area is 125 Å². The van der Waals surface area contributed by atoms with Crippen LogP contribution in [0.1, 0.15) is 38.9 Å². The quantitative estimate of drug-likeness (QED) is 0.870. The molecule has 0 fully saturated rings. The molecule has 0 amide bonds. The molecule has 0 aliphatic rings. The maximum absolute atomic E-state index is 4.49. The van der Waals surface area contributed by atoms with Crippen LogP contribution >= 0.6 is 15.9 Å². The molecule has 0 aliphatic carbocycles. The molecular formula is C14H27BrN4. The van der Waals surface area contributed by atoms with Gasteiger partial charge in [0.1, 0.15) is 0 Å². The molecule has 0 bridgehead atoms. The van der Waals surface area contributed by atoms with E-state index < -0.39 is 0 Å². The second kappa shape index (κ2) is 6.86. The highest BCUT2D eigenvalue weighted by Crippen LogP contribution is 2.32. The van der Waals surface area contributed by atoms with Crippen molar-refractivity contribution in [1.29, 1.82) is 0 Å². The summed E-state index contributed by atoms with van der Waals surface area (Å²) in [6.07, 6.45) is 2.98. The van der Waals surface area contributed by atoms with Crippen LogP contribution in [0.25, 0.3) is 0 Å². The Bertz CT molecular complexity index is 393. The fourth-order valence-electron chi connectivity index (χ4n) is 2.14. The second-order valence-corrected chi connectivity index (χ2v) is 7.36. The summed E-state index contributed by atoms with van der Waals surface area (Å²) in [6, 6.07) is 0.319. The van der Waals surface area contributed by atoms with Crippen molar-refractivity contribution in [3.05, 3.63) is 16.4 Å². The number of hydrogen-bond acceptors (Lipinski definition) is 3. The van der Waals surface area contributed by atoms with E-state index in [-0.39, 0.29) is 5.41 Å². The van der Waals surface area contributed by atoms with Gasteiger partial charge >= 0.3 is 0 Å². The first-order valence-corrected chi connectivity index (χ1v) is 7.57. The van der Waals surface area contributed by atoms with Crippen molar-refractivity contribution in [2.24, 2.45) is 5.41 Å². The van der Waals surface area contributed by atoms with Crippen molar-refractivity contribution >= 4 is 15.9 Å². The van der Waals surface area contributed by atoms with Crippen molar-refractivity contribution in [2.75, 3.05) is 27.7 Å². The number of nitrogens with one attached hydrogen (secondary N) is 1. The number of rotatable bonds is 6. The minimum atomic E-state index is 0.282. The third-order valence-corrected chi connectivity index (χ3v) is 3.70. The highest BCUT2D eigenvalue weighted by molar-refractivity contribution is 9.10. The van der Waals surface area contributed by atoms with Crippen LogP contribution in [0.15, 0.2) is 10.7 Å². The number of halogens is 1. The molecule has 0 aliphatic heterocycles. The average Bonchev–Trinajstić information content (AvgIpc) is 2.63. The zero-order valence-corrected chi connectivity index (χ0v) is 14.6. The first-order valence-electron chi connectivity index (χ1n) is 6.78. The molecule has 1 unspecified atom stereocenters. The van der Waals surface area contributed by atoms with Crippen LogP contribution in [0, 0.1) is 5.41 Å². The van der Waals surface area contributed by atoms with Crippen molar-refractivity contribution in [3.8, 4) is 0 Å². The minimum Gasteiger partial charge on any atom is -0.312 e. The summed E-state index contributed by atoms with van der Waals surface area (Å²) in [5, 5.41) is 7.92. The molecule has 0 saturated heterocycles. The molecular weight excluding hydrogens is 304 g/mol. The molecule has 0 radical (unpaired) electrons. The van der Waals surface area contributed by atoms with Gasteiger partial charge in [0.25, 0.3) is 0 Å². The maximum atomic E-state index is 4.49. The molecule has 5 heteroatoms. The number of likely N-dealkylation sites (N-methyl/N-ethyl adjacent to an activating group) is 1. The van der Waals surface area contributed by atoms with Gasteiger partial charge in [0.05, 0.1) is 29.0 Å². The number of nitrogens with zero attached hydrogens (tertiary/aromatic N) is 3. The number of hydrogen-bond donors (Lipinski definition) is 1. The van der Waals surface area contributed by atoms with Gasteiger partial charge in [-0.1, -0.05) is 20.8 Å². The standard InChI is InChI=1S/C14H27BrN4/c1-14(2,3)9-12(16-4)13-11(15)10-17-19(13)8-7-18(5)6/h10,12,16H,7-9H2,1-6H3. The van der Waals surface area contributed by atoms with Gasteiger partial charge < -0.3 is 10.2 Å². The van der Waals surface area contributed by atoms with Gasteiger partial charge in [-0.3, -0.25) is 4.68 Å². The fraction of sp³-hybridized carbons (Fsp3) is 0.786. The Kier molecular flexibility index (Phi) is 6.02. The van der Waals surface area contributed by atoms with Crippen LogP contribution in [0.3, 0.4) is 0 Å². The van der Waals surface area contributed by atoms with Gasteiger partial charge in [-0.2, -0.15) is 5.10 Å². The summed E-state index contributed by atoms with van der Waals surface area (Å²) < 4.78 is 3.20. The zero-order chi connectivity index (χ0) is 14.6. The van der Waals surface area contributed by atoms with Crippen molar-refractivity contribution < 1.29 is 0 Å². The van der Waals surface area contributed by atoms with Gasteiger partial charge in [-0.25, -0.2) is 0 Å². The van der Waals surface area contributed by atoms with Gasteiger partial charge in [0.2, 0.25) is 0 Å². The van der Waals surface area contributed by atoms with Crippen LogP contribution in [0.5, 0.6) is 0 Å². The highest BCUT2D eigenvalue weighted by Gasteiger charge is 2.24. The molecule has 1 N–H and O–H groups in total. The Morgan fingerprint density at radius 2 is 2.05 bits per heavy atom. The molecule has 19 heavy (non-hydrogen) atoms. The van der Waals surface area contributed by atoms with E-state index >= 15 is 0 Å². The maximum Gasteiger partial charge on any atom is 0.0696 e. The van der Waals surface area contributed by atoms with Crippen molar-refractivity contribution in [1.82, 2.24) is 20.0 Å². The van der Waals surface area contributed by atoms with Crippen molar-refractivity contribution in [3.63, 3.8) is 0 Å². The highest BCUT2D eigenvalue weighted by atomic mass is 79.9. The first kappa shape index (κ1) is 16.7. The Morgan fingerprint density at radius 3 is 2.53 bits per heavy atom. The lowest BCUT2D eigenvalue weighted by molar-refractivity contribution is 0.303. The van der Waals surface area contributed by atoms with Crippen LogP contribution in [0.4, 0.5) is 0 Å². The minimum absolute atomic E-state index is 0.282. The molecule has 0 aromatic carbocycles. The van der Waals surface area contributed by atoms with E-state index in [1.165, 1.54) is 5.69 Å². The van der Waals surface area contributed by atoms with Gasteiger partial charge in [0, 0.05) is 6.54 Å². The largest absolute Gasteiger partial charge is 0.312 e. The molecule has 0 spiro atoms. The van der Waals surface area contributed by atoms with Crippen LogP contribution in [0.2, 0.25) is 0 Å². The average molecular weight is 331 g/mol. The molecule has 110 valence electrons. The normalized spacial score (nSPS) is 14.1. The predicted molar refractivity (Wildman–Crippen MR) is 84.4 cm³/mol. The van der Waals surface area contributed by atoms with E-state index in [1.807, 2.05) is 13.2 Å². The molecule has 4 nitrogen and oxygen atoms in total. The van der Waals surface area contributed by atoms with E-state index in [0.29, 0.717) is 6.04 Å². The lowest BCUT2D eigenvalue weighted by Gasteiger charge is -2.27. The molecule has 1 rings (SSSR count). The van der Waals surface area contributed by atoms with Crippen LogP contribution < -0.4 is 5.32 Å². The smallest absolute Gasteiger partial charge is 0.0696 e. The third kappa shape index (κ3) is 5.24. The summed E-state index contributed by atoms with van der Waals surface area (Å²) >= 11 is 3.64. The summed E-state index contributed by atoms with van der Waals surface area (Å²) in [7, 11) is 6.19. The van der Waals surface area contributed by atoms with E-state index in [2.05, 4.69) is 70.8 Å². The molecule has 1 aromatic rings. The van der Waals surface area contributed by atoms with Gasteiger partial charge in [-0.15, -0.1) is 0 Å². The van der Waals surface area contributed by atoms with E-state index in [4.69, 9.17) is 0 Å². The van der Waals surface area contributed by atoms with Crippen LogP contribution in [-0.2, 0) is 6.54 Å². The zero-order valence-electron chi connectivity index (χ0n) is 13.0. The monoisotopic (exact) mass is 330 g/mol. The van der Waals surface area contributed by atoms with E-state index in [1.54, 1.807) is 0 Å². The van der Waals surface area contributed by atoms with Gasteiger partial charge in [-0.05, 0) is 48.9 Å². The first-order chi connectivity index (χ1) is 8.74. The Hall–Kier alpha value is -0.390. The fourth-order valence-corrected chi connectivity index (χ4v) is 2.71. The van der Waals surface area contributed by atoms with E-state index in [0.717, 1.165) is 24.0 Å². The molecule has 1 atom stereocenters. The molecule has 1 heterocycles. The summed E-state index contributed by atoms with van der Waals surface area (Å²) in [5.74, 6) is 0. The Balaban J connectivity index is 2.92. The summed E-state index contributed by atoms with van der Waals surface area (Å²) in [6.45, 7) is 8.71. The lowest BCUT2D eigenvalue weighted by Crippen LogP contribution is -2.27. The molecule has 0 saturated carbocycles. The second-order valence-electron chi connectivity index (χ2n) is 6.51. The van der Waals surface area contributed by atoms with E-state index in [9.17, 15) is 0 Å².